The smallest absolute Gasteiger partial charge is 0.314 e. The number of aromatic nitrogens is 1. The molecule has 2 aromatic rings. The molecule has 1 aromatic carbocycles. The number of ketones is 2. The van der Waals surface area contributed by atoms with E-state index in [4.69, 9.17) is 21.2 Å². The Kier molecular flexibility index (Phi) is 19.1. The Morgan fingerprint density at radius 2 is 1.65 bits per heavy atom. The van der Waals surface area contributed by atoms with Gasteiger partial charge in [0.1, 0.15) is 17.9 Å². The van der Waals surface area contributed by atoms with E-state index in [9.17, 15) is 45.6 Å². The average Bonchev–Trinajstić information content (AvgIpc) is 1.61. The van der Waals surface area contributed by atoms with Crippen LogP contribution in [0.15, 0.2) is 70.6 Å². The maximum Gasteiger partial charge on any atom is 0.314 e. The van der Waals surface area contributed by atoms with Crippen LogP contribution >= 0.6 is 21.6 Å². The van der Waals surface area contributed by atoms with Crippen LogP contribution in [0.5, 0.6) is 5.75 Å². The molecule has 8 fully saturated rings. The maximum atomic E-state index is 17.1. The first kappa shape index (κ1) is 67.2. The number of nitrogens with one attached hydrogen (secondary N) is 2. The van der Waals surface area contributed by atoms with Gasteiger partial charge in [-0.2, -0.15) is 0 Å². The number of phenols is 1. The first-order valence-corrected chi connectivity index (χ1v) is 37.7. The van der Waals surface area contributed by atoms with E-state index in [0.717, 1.165) is 62.5 Å². The highest BCUT2D eigenvalue weighted by atomic mass is 33.1. The van der Waals surface area contributed by atoms with Crippen molar-refractivity contribution in [3.8, 4) is 17.6 Å². The summed E-state index contributed by atoms with van der Waals surface area (Å²) in [6, 6.07) is 7.28. The van der Waals surface area contributed by atoms with Gasteiger partial charge in [-0.25, -0.2) is 0 Å². The molecule has 25 unspecified atom stereocenters. The number of allylic oxidation sites excluding steroid dienone is 3. The number of carbonyl (C=O) groups excluding carboxylic acids is 3. The minimum absolute atomic E-state index is 0.00863. The molecule has 9 aliphatic carbocycles. The molecule has 2 saturated heterocycles. The van der Waals surface area contributed by atoms with Crippen molar-refractivity contribution in [2.45, 2.75) is 203 Å². The molecule has 3 heterocycles. The number of aliphatic hydroxyl groups excluding tert-OH is 5. The fourth-order valence-electron chi connectivity index (χ4n) is 22.9. The van der Waals surface area contributed by atoms with E-state index in [-0.39, 0.29) is 97.9 Å². The number of phenolic OH excluding ortho intramolecular Hbond substituents is 1. The number of carbonyl (C=O) groups is 3. The van der Waals surface area contributed by atoms with E-state index >= 15 is 14.7 Å². The summed E-state index contributed by atoms with van der Waals surface area (Å²) >= 11 is 0. The second kappa shape index (κ2) is 26.5. The van der Waals surface area contributed by atoms with Crippen LogP contribution in [0.2, 0.25) is 0 Å². The third kappa shape index (κ3) is 11.4. The number of nitrogens with two attached hydrogens (primary N) is 2. The molecule has 1 aromatic heterocycles. The zero-order chi connectivity index (χ0) is 65.6. The number of nitrogens with zero attached hydrogens (tertiary/aromatic N) is 1. The number of benzene rings is 1. The molecule has 1 spiro atoms. The summed E-state index contributed by atoms with van der Waals surface area (Å²) in [5.74, 6) is -0.960. The zero-order valence-electron chi connectivity index (χ0n) is 54.2. The van der Waals surface area contributed by atoms with Crippen LogP contribution in [0, 0.1) is 111 Å². The van der Waals surface area contributed by atoms with Crippen molar-refractivity contribution in [2.24, 2.45) is 116 Å². The maximum absolute atomic E-state index is 17.1. The minimum atomic E-state index is -2.12. The molecule has 6 saturated carbocycles. The fraction of sp³-hybridized carbons (Fsp3) is 0.726. The van der Waals surface area contributed by atoms with Gasteiger partial charge in [0.05, 0.1) is 47.7 Å². The number of rotatable bonds is 9. The molecule has 25 atom stereocenters. The van der Waals surface area contributed by atoms with Crippen molar-refractivity contribution in [1.29, 1.82) is 0 Å². The summed E-state index contributed by atoms with van der Waals surface area (Å²) in [5.41, 5.74) is 9.21. The molecule has 0 radical (unpaired) electrons. The van der Waals surface area contributed by atoms with Gasteiger partial charge >= 0.3 is 5.97 Å². The Morgan fingerprint density at radius 1 is 0.882 bits per heavy atom. The molecule has 4 bridgehead atoms. The number of aliphatic imine (C=N–C) groups is 1. The van der Waals surface area contributed by atoms with Gasteiger partial charge in [-0.1, -0.05) is 84.4 Å². The lowest BCUT2D eigenvalue weighted by Gasteiger charge is -2.70. The lowest BCUT2D eigenvalue weighted by atomic mass is 9.34. The highest BCUT2D eigenvalue weighted by molar-refractivity contribution is 8.76. The minimum Gasteiger partial charge on any atom is -0.508 e. The van der Waals surface area contributed by atoms with Crippen LogP contribution in [0.3, 0.4) is 0 Å². The molecule has 93 heavy (non-hydrogen) atoms. The summed E-state index contributed by atoms with van der Waals surface area (Å²) < 4.78 is 6.34. The van der Waals surface area contributed by atoms with E-state index in [1.807, 2.05) is 19.2 Å². The predicted molar refractivity (Wildman–Crippen MR) is 355 cm³/mol. The number of aliphatic hydroxyl groups is 8. The Morgan fingerprint density at radius 3 is 2.35 bits per heavy atom. The highest BCUT2D eigenvalue weighted by Gasteiger charge is 2.80. The molecule has 2 aliphatic heterocycles. The van der Waals surface area contributed by atoms with E-state index in [1.54, 1.807) is 37.4 Å². The van der Waals surface area contributed by atoms with Crippen LogP contribution in [0.1, 0.15) is 166 Å². The third-order valence-electron chi connectivity index (χ3n) is 26.6. The summed E-state index contributed by atoms with van der Waals surface area (Å²) in [6.45, 7) is 5.21. The lowest BCUT2D eigenvalue weighted by Crippen LogP contribution is -2.73. The number of esters is 1. The van der Waals surface area contributed by atoms with Gasteiger partial charge in [0.25, 0.3) is 0 Å². The average molecular weight is 1320 g/mol. The topological polar surface area (TPSA) is 335 Å². The second-order valence-corrected chi connectivity index (χ2v) is 33.6. The van der Waals surface area contributed by atoms with Gasteiger partial charge in [0, 0.05) is 90.1 Å². The monoisotopic (exact) mass is 1320 g/mol. The number of ether oxygens (including phenoxy) is 1. The molecular weight excluding hydrogens is 1220 g/mol. The number of Topliss-reactive ketones (excluding diaryl/α,β-unsaturated/α-hetero) is 2. The Labute approximate surface area is 555 Å². The number of hydrogen-bond acceptors (Lipinski definition) is 17. The third-order valence-corrected chi connectivity index (χ3v) is 29.2. The predicted octanol–water partition coefficient (Wildman–Crippen LogP) is 7.12. The van der Waals surface area contributed by atoms with Gasteiger partial charge in [0.15, 0.2) is 23.8 Å². The van der Waals surface area contributed by atoms with Crippen molar-refractivity contribution in [1.82, 2.24) is 10.3 Å². The fourth-order valence-corrected chi connectivity index (χ4v) is 25.7. The van der Waals surface area contributed by atoms with E-state index in [2.05, 4.69) is 35.1 Å². The number of H-pyrrole nitrogens is 1. The van der Waals surface area contributed by atoms with Crippen molar-refractivity contribution in [3.05, 3.63) is 76.8 Å². The SMILES string of the molecule is CCC1OC(=O)C(c2cc[nH]c2)C1C1C#CCC2CC3(O)C4=C5NC(CO)C(=O)CC(c6ccc(O)cc6)CSSCC6C(O)C(O)CC(C7CCCCC7)(C4C4CCC(CN=C(N)N)C3(C4)C2C(C)(O)C(O)CC(C(O)O)C2CC=C3CCC(C)CC3C2C1)C6C5=O. The van der Waals surface area contributed by atoms with Crippen LogP contribution in [0.4, 0.5) is 0 Å². The quantitative estimate of drug-likeness (QED) is 0.0226. The van der Waals surface area contributed by atoms with Crippen molar-refractivity contribution < 1.29 is 65.1 Å². The number of aromatic hydroxyl groups is 1. The molecule has 20 heteroatoms. The Balaban J connectivity index is 1.04. The molecule has 0 amide bonds. The van der Waals surface area contributed by atoms with Gasteiger partial charge in [0.2, 0.25) is 0 Å². The van der Waals surface area contributed by atoms with Crippen LogP contribution in [0.25, 0.3) is 0 Å². The first-order chi connectivity index (χ1) is 44.6. The zero-order valence-corrected chi connectivity index (χ0v) is 55.9. The van der Waals surface area contributed by atoms with Crippen molar-refractivity contribution in [2.75, 3.05) is 24.7 Å². The van der Waals surface area contributed by atoms with Gasteiger partial charge in [-0.3, -0.25) is 19.4 Å². The molecular formula is C73H101N5O13S2. The van der Waals surface area contributed by atoms with E-state index in [0.29, 0.717) is 55.1 Å². The summed E-state index contributed by atoms with van der Waals surface area (Å²) in [4.78, 5) is 54.7. The van der Waals surface area contributed by atoms with Gasteiger partial charge < -0.3 is 72.5 Å². The Hall–Kier alpha value is -4.40. The van der Waals surface area contributed by atoms with Crippen LogP contribution in [-0.2, 0) is 19.1 Å². The molecule has 18 nitrogen and oxygen atoms in total. The molecule has 508 valence electrons. The first-order valence-electron chi connectivity index (χ1n) is 35.2. The molecule has 11 aliphatic rings. The second-order valence-electron chi connectivity index (χ2n) is 31.1. The normalized spacial score (nSPS) is 44.6. The Bertz CT molecular complexity index is 3250. The number of guanidine groups is 1. The number of cyclic esters (lactones) is 1. The molecule has 13 rings (SSSR count). The largest absolute Gasteiger partial charge is 0.508 e. The van der Waals surface area contributed by atoms with Crippen molar-refractivity contribution in [3.63, 3.8) is 0 Å². The van der Waals surface area contributed by atoms with Gasteiger partial charge in [-0.15, -0.1) is 5.92 Å². The lowest BCUT2D eigenvalue weighted by molar-refractivity contribution is -0.241. The summed E-state index contributed by atoms with van der Waals surface area (Å²) in [7, 11) is 3.04. The molecule has 15 N–H and O–H groups in total. The standard InChI is InChI=1S/C73H101N5O13S2/c1-4-56-58(59(68(88)91-56)43-23-24-76-32-43)40-9-8-10-42-30-73(90)62-60(41-15-19-46(33-77-69(74)75)72(73,29-41)66(42)70(3,89)57(83)28-51(67(86)87)48-22-18-39-14-13-37(2)25-49(39)50(48)26-40)71(45-11-6-5-7-12-45)31-55(82)64(84)52-36-93-92-35-44(38-16-20-47(80)21-17-38)27-54(81)53(34-79)78-63(62)65(85)61(52)71/h16-18,20-21,23-24,32,37,40-42,44-46,48-53,55-61,64,66-67,76,78-80,82-84,86-87,89-90H,4-7,10-15,19,22,25-31,33-36H2,1-3H3,(H4,74,75,77). The summed E-state index contributed by atoms with van der Waals surface area (Å²) in [5, 5.41) is 118. The van der Waals surface area contributed by atoms with E-state index < -0.39 is 142 Å². The van der Waals surface area contributed by atoms with Crippen molar-refractivity contribution >= 4 is 45.1 Å². The number of fused-ring (bicyclic) bond motifs is 10. The summed E-state index contributed by atoms with van der Waals surface area (Å²) in [6.07, 6.45) is 9.16. The number of aromatic amines is 1. The highest BCUT2D eigenvalue weighted by Crippen LogP contribution is 2.79. The van der Waals surface area contributed by atoms with Crippen LogP contribution in [-0.4, -0.2) is 147 Å². The van der Waals surface area contributed by atoms with Gasteiger partial charge in [-0.05, 0) is 190 Å². The number of hydrogen-bond donors (Lipinski definition) is 13. The van der Waals surface area contributed by atoms with E-state index in [1.165, 1.54) is 27.2 Å². The van der Waals surface area contributed by atoms with Crippen LogP contribution < -0.4 is 16.8 Å².